The Bertz CT molecular complexity index is 628. The van der Waals surface area contributed by atoms with E-state index < -0.39 is 5.96 Å². The zero-order valence-corrected chi connectivity index (χ0v) is 9.98. The van der Waals surface area contributed by atoms with E-state index in [9.17, 15) is 10.2 Å². The Morgan fingerprint density at radius 1 is 1.11 bits per heavy atom. The predicted octanol–water partition coefficient (Wildman–Crippen LogP) is 2.65. The van der Waals surface area contributed by atoms with Gasteiger partial charge in [-0.2, -0.15) is 0 Å². The van der Waals surface area contributed by atoms with Gasteiger partial charge in [-0.25, -0.2) is 0 Å². The summed E-state index contributed by atoms with van der Waals surface area (Å²) in [6.07, 6.45) is 0. The molecule has 0 heterocycles. The Labute approximate surface area is 109 Å². The van der Waals surface area contributed by atoms with Gasteiger partial charge in [-0.1, -0.05) is 24.3 Å². The number of nitrogens with one attached hydrogen (secondary N) is 1. The molecular formula is C11H11ClN4O2. The molecule has 6 nitrogen and oxygen atoms in total. The minimum atomic E-state index is -0.457. The van der Waals surface area contributed by atoms with Gasteiger partial charge < -0.3 is 15.9 Å². The van der Waals surface area contributed by atoms with Crippen LogP contribution >= 0.6 is 12.4 Å². The molecule has 2 aromatic rings. The van der Waals surface area contributed by atoms with E-state index in [0.717, 1.165) is 0 Å². The lowest BCUT2D eigenvalue weighted by atomic mass is 10.1. The molecule has 0 saturated carbocycles. The van der Waals surface area contributed by atoms with E-state index in [1.165, 1.54) is 6.07 Å². The molecule has 0 radical (unpaired) electrons. The second-order valence-corrected chi connectivity index (χ2v) is 3.39. The molecule has 0 bridgehead atoms. The predicted molar refractivity (Wildman–Crippen MR) is 71.0 cm³/mol. The van der Waals surface area contributed by atoms with Crippen LogP contribution in [0.4, 0.5) is 5.69 Å². The molecule has 0 aliphatic heterocycles. The molecule has 0 saturated heterocycles. The summed E-state index contributed by atoms with van der Waals surface area (Å²) in [7, 11) is 0. The van der Waals surface area contributed by atoms with Crippen LogP contribution in [-0.4, -0.2) is 16.2 Å². The minimum Gasteiger partial charge on any atom is -0.507 e. The first-order chi connectivity index (χ1) is 8.09. The van der Waals surface area contributed by atoms with Crippen LogP contribution in [0.1, 0.15) is 0 Å². The fourth-order valence-corrected chi connectivity index (χ4v) is 1.54. The summed E-state index contributed by atoms with van der Waals surface area (Å²) in [5.74, 6) is -0.715. The Morgan fingerprint density at radius 3 is 2.33 bits per heavy atom. The van der Waals surface area contributed by atoms with Crippen LogP contribution in [0.3, 0.4) is 0 Å². The van der Waals surface area contributed by atoms with Crippen molar-refractivity contribution in [3.8, 4) is 11.5 Å². The summed E-state index contributed by atoms with van der Waals surface area (Å²) in [4.78, 5) is 0. The van der Waals surface area contributed by atoms with Gasteiger partial charge in [0.25, 0.3) is 0 Å². The fraction of sp³-hybridized carbons (Fsp3) is 0. The molecule has 7 heteroatoms. The van der Waals surface area contributed by atoms with E-state index in [0.29, 0.717) is 10.8 Å². The average Bonchev–Trinajstić information content (AvgIpc) is 2.28. The summed E-state index contributed by atoms with van der Waals surface area (Å²) >= 11 is 0. The number of aromatic hydroxyl groups is 2. The van der Waals surface area contributed by atoms with Crippen LogP contribution in [0.15, 0.2) is 40.6 Å². The largest absolute Gasteiger partial charge is 0.507 e. The highest BCUT2D eigenvalue weighted by molar-refractivity contribution is 5.99. The zero-order valence-electron chi connectivity index (χ0n) is 9.16. The van der Waals surface area contributed by atoms with Crippen molar-refractivity contribution in [3.63, 3.8) is 0 Å². The van der Waals surface area contributed by atoms with Crippen LogP contribution < -0.4 is 5.73 Å². The second kappa shape index (κ2) is 5.33. The molecule has 0 unspecified atom stereocenters. The van der Waals surface area contributed by atoms with Gasteiger partial charge in [-0.3, -0.25) is 5.41 Å². The highest BCUT2D eigenvalue weighted by Gasteiger charge is 2.10. The van der Waals surface area contributed by atoms with E-state index >= 15 is 0 Å². The number of nitrogens with zero attached hydrogens (tertiary/aromatic N) is 2. The van der Waals surface area contributed by atoms with Crippen molar-refractivity contribution in [3.05, 3.63) is 30.3 Å². The van der Waals surface area contributed by atoms with Gasteiger partial charge in [0.05, 0.1) is 0 Å². The molecule has 2 rings (SSSR count). The number of azo groups is 1. The van der Waals surface area contributed by atoms with Gasteiger partial charge in [0, 0.05) is 16.8 Å². The Kier molecular flexibility index (Phi) is 4.06. The van der Waals surface area contributed by atoms with Crippen molar-refractivity contribution >= 4 is 34.8 Å². The van der Waals surface area contributed by atoms with Crippen molar-refractivity contribution in [2.45, 2.75) is 0 Å². The normalized spacial score (nSPS) is 10.4. The molecule has 0 aliphatic rings. The van der Waals surface area contributed by atoms with Gasteiger partial charge >= 0.3 is 0 Å². The summed E-state index contributed by atoms with van der Waals surface area (Å²) in [6.45, 7) is 0. The highest BCUT2D eigenvalue weighted by Crippen LogP contribution is 2.40. The third-order valence-corrected chi connectivity index (χ3v) is 2.23. The monoisotopic (exact) mass is 266 g/mol. The molecular weight excluding hydrogens is 256 g/mol. The van der Waals surface area contributed by atoms with Crippen molar-refractivity contribution < 1.29 is 10.2 Å². The van der Waals surface area contributed by atoms with E-state index in [1.807, 2.05) is 0 Å². The van der Waals surface area contributed by atoms with Crippen molar-refractivity contribution in [1.29, 1.82) is 5.41 Å². The van der Waals surface area contributed by atoms with Crippen molar-refractivity contribution in [1.82, 2.24) is 0 Å². The number of benzene rings is 2. The molecule has 2 aromatic carbocycles. The molecule has 0 spiro atoms. The fourth-order valence-electron chi connectivity index (χ4n) is 1.54. The Morgan fingerprint density at radius 2 is 1.72 bits per heavy atom. The van der Waals surface area contributed by atoms with Crippen LogP contribution in [0.2, 0.25) is 0 Å². The van der Waals surface area contributed by atoms with Gasteiger partial charge in [0.2, 0.25) is 5.96 Å². The maximum absolute atomic E-state index is 9.68. The van der Waals surface area contributed by atoms with Crippen LogP contribution in [0.5, 0.6) is 11.5 Å². The number of phenolic OH excluding ortho intramolecular Hbond substituents is 2. The van der Waals surface area contributed by atoms with Crippen molar-refractivity contribution in [2.24, 2.45) is 16.0 Å². The zero-order chi connectivity index (χ0) is 12.4. The third-order valence-electron chi connectivity index (χ3n) is 2.23. The summed E-state index contributed by atoms with van der Waals surface area (Å²) in [6, 6.07) is 8.05. The number of halogens is 1. The lowest BCUT2D eigenvalue weighted by Gasteiger charge is -2.05. The summed E-state index contributed by atoms with van der Waals surface area (Å²) in [5.41, 5.74) is 5.23. The topological polar surface area (TPSA) is 115 Å². The maximum atomic E-state index is 9.68. The van der Waals surface area contributed by atoms with Gasteiger partial charge in [-0.05, 0) is 0 Å². The maximum Gasteiger partial charge on any atom is 0.232 e. The summed E-state index contributed by atoms with van der Waals surface area (Å²) in [5, 5.41) is 34.4. The first kappa shape index (κ1) is 13.7. The average molecular weight is 267 g/mol. The molecule has 0 amide bonds. The quantitative estimate of drug-likeness (QED) is 0.361. The highest BCUT2D eigenvalue weighted by atomic mass is 35.5. The van der Waals surface area contributed by atoms with Crippen molar-refractivity contribution in [2.75, 3.05) is 0 Å². The number of rotatable bonds is 1. The van der Waals surface area contributed by atoms with E-state index in [2.05, 4.69) is 10.2 Å². The second-order valence-electron chi connectivity index (χ2n) is 3.39. The number of hydrogen-bond donors (Lipinski definition) is 4. The first-order valence-electron chi connectivity index (χ1n) is 4.79. The van der Waals surface area contributed by atoms with Crippen LogP contribution in [0, 0.1) is 5.41 Å². The number of hydrogen-bond acceptors (Lipinski definition) is 4. The van der Waals surface area contributed by atoms with E-state index in [1.54, 1.807) is 24.3 Å². The van der Waals surface area contributed by atoms with Gasteiger partial charge in [0.1, 0.15) is 17.2 Å². The smallest absolute Gasteiger partial charge is 0.232 e. The van der Waals surface area contributed by atoms with Crippen LogP contribution in [-0.2, 0) is 0 Å². The molecule has 94 valence electrons. The molecule has 0 aromatic heterocycles. The molecule has 0 aliphatic carbocycles. The number of phenols is 2. The SMILES string of the molecule is Cl.N=C(N)N=Nc1c(O)cc(O)c2ccccc12. The first-order valence-corrected chi connectivity index (χ1v) is 4.79. The number of fused-ring (bicyclic) bond motifs is 1. The molecule has 0 fully saturated rings. The number of guanidine groups is 1. The van der Waals surface area contributed by atoms with Gasteiger partial charge in [0.15, 0.2) is 0 Å². The van der Waals surface area contributed by atoms with Crippen LogP contribution in [0.25, 0.3) is 10.8 Å². The lowest BCUT2D eigenvalue weighted by Crippen LogP contribution is -2.03. The standard InChI is InChI=1S/C11H10N4O2.ClH/c12-11(13)15-14-10-7-4-2-1-3-6(7)8(16)5-9(10)17;/h1-5,16-17H,(H3,12,13);1H. The molecule has 0 atom stereocenters. The molecule has 18 heavy (non-hydrogen) atoms. The van der Waals surface area contributed by atoms with E-state index in [-0.39, 0.29) is 29.6 Å². The Balaban J connectivity index is 0.00000162. The molecule has 5 N–H and O–H groups in total. The van der Waals surface area contributed by atoms with E-state index in [4.69, 9.17) is 11.1 Å². The number of nitrogens with two attached hydrogens (primary N) is 1. The summed E-state index contributed by atoms with van der Waals surface area (Å²) < 4.78 is 0. The minimum absolute atomic E-state index is 0. The Hall–Kier alpha value is -2.34. The van der Waals surface area contributed by atoms with Gasteiger partial charge in [-0.15, -0.1) is 22.6 Å². The third kappa shape index (κ3) is 2.49. The lowest BCUT2D eigenvalue weighted by molar-refractivity contribution is 0.456.